The summed E-state index contributed by atoms with van der Waals surface area (Å²) in [5, 5.41) is 3.56. The van der Waals surface area contributed by atoms with Gasteiger partial charge < -0.3 is 11.1 Å². The molecule has 2 nitrogen and oxygen atoms in total. The predicted octanol–water partition coefficient (Wildman–Crippen LogP) is 31.7. The van der Waals surface area contributed by atoms with Gasteiger partial charge in [-0.3, -0.25) is 0 Å². The molecule has 0 saturated heterocycles. The normalized spacial score (nSPS) is 12.6. The van der Waals surface area contributed by atoms with Crippen LogP contribution in [0.5, 0.6) is 0 Å². The number of hydrogen-bond donors (Lipinski definition) is 2. The summed E-state index contributed by atoms with van der Waals surface area (Å²) in [6.45, 7) is 9.27. The van der Waals surface area contributed by atoms with Crippen molar-refractivity contribution in [3.05, 3.63) is 303 Å². The van der Waals surface area contributed by atoms with Gasteiger partial charge in [0.05, 0.1) is 0 Å². The molecule has 4 heteroatoms. The van der Waals surface area contributed by atoms with Gasteiger partial charge in [0, 0.05) is 36.8 Å². The van der Waals surface area contributed by atoms with E-state index in [0.717, 1.165) is 32.4 Å². The highest BCUT2D eigenvalue weighted by Gasteiger charge is 2.44. The smallest absolute Gasteiger partial charge is 0.0384 e. The minimum Gasteiger partial charge on any atom is -0.399 e. The molecule has 13 rings (SSSR count). The number of fused-ring (bicyclic) bond motifs is 6. The number of unbranched alkanes of at least 4 members (excludes halogenated alkanes) is 20. The first-order valence-electron chi connectivity index (χ1n) is 40.6. The molecule has 0 bridgehead atoms. The maximum Gasteiger partial charge on any atom is 0.0384 e. The molecule has 0 atom stereocenters. The Bertz CT molecular complexity index is 4100. The lowest BCUT2D eigenvalue weighted by molar-refractivity contribution is 0.398. The van der Waals surface area contributed by atoms with Crippen molar-refractivity contribution in [2.45, 2.75) is 225 Å². The lowest BCUT2D eigenvalue weighted by Gasteiger charge is -2.33. The van der Waals surface area contributed by atoms with Crippen molar-refractivity contribution >= 4 is 48.9 Å². The number of anilines is 3. The molecule has 0 spiro atoms. The van der Waals surface area contributed by atoms with Gasteiger partial charge in [-0.25, -0.2) is 0 Å². The van der Waals surface area contributed by atoms with Crippen molar-refractivity contribution in [1.29, 1.82) is 0 Å². The molecule has 0 amide bonds. The molecule has 105 heavy (non-hydrogen) atoms. The standard InChI is InChI=1S/C54H61N.C41H48Br2.C6H7N/c1-3-5-7-9-11-19-37-54(38-20-12-10-8-6-4-2)52-40-46(44-27-25-43(26-28-44)39-42-21-15-13-16-22-42)31-35-50(52)51-36-32-47(41-53(51)54)45-29-33-49(34-30-45)55-48-23-17-14-18-24-48;1-3-5-7-9-11-13-27-41(28-14-12-10-8-6-4-2)39-29-33(31-15-21-35(42)22-16-31)19-25-37(39)38-26-20-34(30-40(38)41)32-17-23-36(43)24-18-32;7-6-4-2-1-3-5-6/h13-18,21-36,40-41,55H,3-12,19-20,37-39H2,1-2H3;15-26,29-30H,3-14,27-28H2,1-2H3;1-5H,7H2. The molecule has 544 valence electrons. The fourth-order valence-corrected chi connectivity index (χ4v) is 17.2. The van der Waals surface area contributed by atoms with Gasteiger partial charge in [0.2, 0.25) is 0 Å². The van der Waals surface area contributed by atoms with E-state index < -0.39 is 0 Å². The van der Waals surface area contributed by atoms with Gasteiger partial charge in [-0.05, 0) is 217 Å². The fraction of sp³-hybridized carbons (Fsp3) is 0.347. The quantitative estimate of drug-likeness (QED) is 0.0303. The Balaban J connectivity index is 0.000000196. The van der Waals surface area contributed by atoms with Crippen molar-refractivity contribution in [3.63, 3.8) is 0 Å². The SMILES string of the molecule is CCCCCCCCC1(CCCCCCCC)c2cc(-c3ccc(Br)cc3)ccc2-c2ccc(-c3ccc(Br)cc3)cc21.CCCCCCCCC1(CCCCCCCC)c2cc(-c3ccc(Cc4ccccc4)cc3)ccc2-c2ccc(-c3ccc(Nc4ccccc4)cc3)cc21.Nc1ccccc1. The zero-order valence-corrected chi connectivity index (χ0v) is 66.8. The van der Waals surface area contributed by atoms with Gasteiger partial charge in [-0.15, -0.1) is 0 Å². The van der Waals surface area contributed by atoms with E-state index in [1.54, 1.807) is 22.3 Å². The maximum atomic E-state index is 5.36. The van der Waals surface area contributed by atoms with Gasteiger partial charge >= 0.3 is 0 Å². The first-order chi connectivity index (χ1) is 51.6. The molecule has 0 fully saturated rings. The summed E-state index contributed by atoms with van der Waals surface area (Å²) in [6, 6.07) is 96.3. The van der Waals surface area contributed by atoms with Gasteiger partial charge in [0.15, 0.2) is 0 Å². The highest BCUT2D eigenvalue weighted by molar-refractivity contribution is 9.10. The molecular weight excluding hydrogens is 1400 g/mol. The second kappa shape index (κ2) is 40.6. The summed E-state index contributed by atoms with van der Waals surface area (Å²) >= 11 is 7.27. The molecule has 11 aromatic carbocycles. The van der Waals surface area contributed by atoms with Crippen LogP contribution in [0.2, 0.25) is 0 Å². The van der Waals surface area contributed by atoms with Gasteiger partial charge in [0.1, 0.15) is 0 Å². The van der Waals surface area contributed by atoms with Gasteiger partial charge in [-0.2, -0.15) is 0 Å². The van der Waals surface area contributed by atoms with Crippen LogP contribution >= 0.6 is 31.9 Å². The topological polar surface area (TPSA) is 38.0 Å². The lowest BCUT2D eigenvalue weighted by atomic mass is 9.70. The van der Waals surface area contributed by atoms with Crippen LogP contribution in [0.25, 0.3) is 66.8 Å². The summed E-state index contributed by atoms with van der Waals surface area (Å²) in [4.78, 5) is 0. The number of rotatable bonds is 36. The van der Waals surface area contributed by atoms with Crippen LogP contribution in [0.3, 0.4) is 0 Å². The van der Waals surface area contributed by atoms with Crippen LogP contribution in [0.4, 0.5) is 17.1 Å². The van der Waals surface area contributed by atoms with E-state index in [2.05, 4.69) is 295 Å². The van der Waals surface area contributed by atoms with E-state index in [9.17, 15) is 0 Å². The summed E-state index contributed by atoms with van der Waals surface area (Å²) in [5.74, 6) is 0. The van der Waals surface area contributed by atoms with Crippen molar-refractivity contribution in [1.82, 2.24) is 0 Å². The van der Waals surface area contributed by atoms with E-state index in [0.29, 0.717) is 0 Å². The number of nitrogens with one attached hydrogen (secondary N) is 1. The summed E-state index contributed by atoms with van der Waals surface area (Å²) in [5.41, 5.74) is 33.8. The van der Waals surface area contributed by atoms with Gasteiger partial charge in [0.25, 0.3) is 0 Å². The zero-order chi connectivity index (χ0) is 72.9. The second-order valence-electron chi connectivity index (χ2n) is 30.1. The number of benzene rings is 11. The number of nitrogen functional groups attached to an aromatic ring is 1. The summed E-state index contributed by atoms with van der Waals surface area (Å²) in [7, 11) is 0. The van der Waals surface area contributed by atoms with E-state index >= 15 is 0 Å². The zero-order valence-electron chi connectivity index (χ0n) is 63.7. The van der Waals surface area contributed by atoms with E-state index in [-0.39, 0.29) is 10.8 Å². The molecular formula is C101H116Br2N2. The highest BCUT2D eigenvalue weighted by Crippen LogP contribution is 2.58. The Hall–Kier alpha value is -8.02. The molecule has 11 aromatic rings. The van der Waals surface area contributed by atoms with Gasteiger partial charge in [-0.1, -0.05) is 390 Å². The highest BCUT2D eigenvalue weighted by atomic mass is 79.9. The fourth-order valence-electron chi connectivity index (χ4n) is 16.7. The lowest BCUT2D eigenvalue weighted by Crippen LogP contribution is -2.25. The summed E-state index contributed by atoms with van der Waals surface area (Å²) < 4.78 is 2.26. The molecule has 0 saturated carbocycles. The first-order valence-corrected chi connectivity index (χ1v) is 42.2. The van der Waals surface area contributed by atoms with E-state index in [4.69, 9.17) is 5.73 Å². The van der Waals surface area contributed by atoms with Crippen LogP contribution in [0.1, 0.15) is 241 Å². The Labute approximate surface area is 649 Å². The third-order valence-electron chi connectivity index (χ3n) is 22.5. The van der Waals surface area contributed by atoms with Crippen LogP contribution in [0.15, 0.2) is 270 Å². The van der Waals surface area contributed by atoms with Crippen LogP contribution in [0, 0.1) is 0 Å². The Morgan fingerprint density at radius 3 is 0.829 bits per heavy atom. The first kappa shape index (κ1) is 78.1. The minimum atomic E-state index is 0.0221. The number of nitrogens with two attached hydrogens (primary N) is 1. The molecule has 0 aromatic heterocycles. The Morgan fingerprint density at radius 2 is 0.514 bits per heavy atom. The molecule has 0 unspecified atom stereocenters. The van der Waals surface area contributed by atoms with Crippen LogP contribution in [-0.2, 0) is 17.3 Å². The molecule has 3 N–H and O–H groups in total. The monoisotopic (exact) mass is 1510 g/mol. The number of hydrogen-bond acceptors (Lipinski definition) is 2. The minimum absolute atomic E-state index is 0.0221. The number of para-hydroxylation sites is 2. The average Bonchev–Trinajstić information content (AvgIpc) is 1.55. The van der Waals surface area contributed by atoms with Crippen molar-refractivity contribution < 1.29 is 0 Å². The Morgan fingerprint density at radius 1 is 0.257 bits per heavy atom. The third kappa shape index (κ3) is 21.2. The van der Waals surface area contributed by atoms with Crippen molar-refractivity contribution in [2.24, 2.45) is 0 Å². The van der Waals surface area contributed by atoms with Crippen molar-refractivity contribution in [2.75, 3.05) is 11.1 Å². The maximum absolute atomic E-state index is 5.36. The molecule has 0 heterocycles. The molecule has 0 radical (unpaired) electrons. The second-order valence-corrected chi connectivity index (χ2v) is 32.0. The molecule has 2 aliphatic rings. The average molecular weight is 1520 g/mol. The largest absolute Gasteiger partial charge is 0.399 e. The predicted molar refractivity (Wildman–Crippen MR) is 464 cm³/mol. The Kier molecular flexibility index (Phi) is 30.2. The van der Waals surface area contributed by atoms with Crippen LogP contribution < -0.4 is 11.1 Å². The van der Waals surface area contributed by atoms with E-state index in [1.807, 2.05) is 30.3 Å². The molecule has 0 aliphatic heterocycles. The third-order valence-corrected chi connectivity index (χ3v) is 23.6. The summed E-state index contributed by atoms with van der Waals surface area (Å²) in [6.07, 6.45) is 37.8. The molecule has 2 aliphatic carbocycles. The van der Waals surface area contributed by atoms with Crippen molar-refractivity contribution in [3.8, 4) is 66.8 Å². The number of halogens is 2. The van der Waals surface area contributed by atoms with Crippen LogP contribution in [-0.4, -0.2) is 0 Å². The van der Waals surface area contributed by atoms with E-state index in [1.165, 1.54) is 258 Å².